The van der Waals surface area contributed by atoms with Crippen LogP contribution in [-0.2, 0) is 36.2 Å². The van der Waals surface area contributed by atoms with Crippen molar-refractivity contribution in [3.8, 4) is 0 Å². The minimum atomic E-state index is -4.35. The zero-order chi connectivity index (χ0) is 27.0. The van der Waals surface area contributed by atoms with E-state index >= 15 is 0 Å². The minimum Gasteiger partial charge on any atom is -0.341 e. The van der Waals surface area contributed by atoms with Crippen LogP contribution in [0.3, 0.4) is 0 Å². The van der Waals surface area contributed by atoms with Crippen LogP contribution in [0.5, 0.6) is 0 Å². The van der Waals surface area contributed by atoms with E-state index in [2.05, 4.69) is 14.4 Å². The Morgan fingerprint density at radius 3 is 2.53 bits per heavy atom. The van der Waals surface area contributed by atoms with E-state index in [4.69, 9.17) is 0 Å². The lowest BCUT2D eigenvalue weighted by atomic mass is 9.73. The largest absolute Gasteiger partial charge is 0.341 e. The predicted octanol–water partition coefficient (Wildman–Crippen LogP) is 2.35. The van der Waals surface area contributed by atoms with E-state index in [1.165, 1.54) is 24.3 Å². The van der Waals surface area contributed by atoms with Crippen molar-refractivity contribution in [2.45, 2.75) is 36.7 Å². The van der Waals surface area contributed by atoms with E-state index < -0.39 is 43.6 Å². The van der Waals surface area contributed by atoms with Gasteiger partial charge in [0.1, 0.15) is 16.5 Å². The first-order valence-electron chi connectivity index (χ1n) is 12.2. The second kappa shape index (κ2) is 8.60. The van der Waals surface area contributed by atoms with Crippen LogP contribution in [0.4, 0.5) is 15.8 Å². The molecule has 0 radical (unpaired) electrons. The number of Topliss-reactive ketones (excluding diaryl/α,β-unsaturated/α-hetero) is 1. The second-order valence-corrected chi connectivity index (χ2v) is 13.8. The van der Waals surface area contributed by atoms with Crippen molar-refractivity contribution in [3.05, 3.63) is 53.8 Å². The molecule has 2 aliphatic carbocycles. The smallest absolute Gasteiger partial charge is 0.286 e. The molecule has 3 fully saturated rings. The molecule has 0 spiro atoms. The number of hydrogen-bond acceptors (Lipinski definition) is 7. The fourth-order valence-corrected chi connectivity index (χ4v) is 8.28. The van der Waals surface area contributed by atoms with Crippen LogP contribution in [0.1, 0.15) is 24.8 Å². The molecule has 2 N–H and O–H groups in total. The Bertz CT molecular complexity index is 1610. The number of carbonyl (C=O) groups excluding carboxylic acids is 2. The highest BCUT2D eigenvalue weighted by Crippen LogP contribution is 2.54. The standard InChI is InChI=1S/C25H25FN4O6S2/c1-37(33,34)28-17-8-9-18-19(11-17)38(35,36)29-24(27-18)21-23(31)20-14-4-5-15(10-14)22(20)30(25(21)32)12-13-2-6-16(26)7-3-13/h2-3,6-9,11,14-15,20-22,28H,4-5,10,12H2,1H3,(H,27,29)/t14-,15+,20+,21?,22-/m1/s1. The van der Waals surface area contributed by atoms with E-state index in [1.54, 1.807) is 17.0 Å². The number of likely N-dealkylation sites (tertiary alicyclic amines) is 1. The van der Waals surface area contributed by atoms with Crippen LogP contribution < -0.4 is 10.0 Å². The van der Waals surface area contributed by atoms with Gasteiger partial charge in [0.25, 0.3) is 10.0 Å². The van der Waals surface area contributed by atoms with Gasteiger partial charge in [0.15, 0.2) is 11.7 Å². The number of carbonyl (C=O) groups is 2. The number of hydrogen-bond donors (Lipinski definition) is 2. The van der Waals surface area contributed by atoms with Crippen molar-refractivity contribution in [3.63, 3.8) is 0 Å². The highest BCUT2D eigenvalue weighted by Gasteiger charge is 2.60. The molecule has 2 aromatic carbocycles. The number of benzene rings is 2. The van der Waals surface area contributed by atoms with Gasteiger partial charge in [0.2, 0.25) is 15.9 Å². The lowest BCUT2D eigenvalue weighted by Crippen LogP contribution is -2.61. The van der Waals surface area contributed by atoms with Gasteiger partial charge in [-0.1, -0.05) is 12.1 Å². The van der Waals surface area contributed by atoms with Crippen molar-refractivity contribution < 1.29 is 30.8 Å². The van der Waals surface area contributed by atoms with Crippen LogP contribution in [0, 0.1) is 29.5 Å². The monoisotopic (exact) mass is 560 g/mol. The molecule has 2 bridgehead atoms. The summed E-state index contributed by atoms with van der Waals surface area (Å²) in [6, 6.07) is 9.41. The fourth-order valence-electron chi connectivity index (χ4n) is 6.54. The van der Waals surface area contributed by atoms with Gasteiger partial charge < -0.3 is 10.2 Å². The van der Waals surface area contributed by atoms with Gasteiger partial charge >= 0.3 is 0 Å². The molecule has 2 aliphatic heterocycles. The molecule has 1 saturated heterocycles. The first-order chi connectivity index (χ1) is 17.9. The third-order valence-corrected chi connectivity index (χ3v) is 9.90. The van der Waals surface area contributed by atoms with Crippen LogP contribution in [0.15, 0.2) is 51.8 Å². The molecule has 13 heteroatoms. The molecule has 38 heavy (non-hydrogen) atoms. The van der Waals surface area contributed by atoms with Crippen LogP contribution in [0.25, 0.3) is 0 Å². The Morgan fingerprint density at radius 1 is 1.11 bits per heavy atom. The molecule has 2 heterocycles. The maximum absolute atomic E-state index is 13.9. The van der Waals surface area contributed by atoms with Gasteiger partial charge in [0.05, 0.1) is 11.9 Å². The molecule has 2 saturated carbocycles. The minimum absolute atomic E-state index is 0.0374. The van der Waals surface area contributed by atoms with Crippen molar-refractivity contribution >= 4 is 48.9 Å². The maximum Gasteiger partial charge on any atom is 0.286 e. The van der Waals surface area contributed by atoms with Gasteiger partial charge in [-0.15, -0.1) is 4.40 Å². The Labute approximate surface area is 219 Å². The molecular weight excluding hydrogens is 535 g/mol. The van der Waals surface area contributed by atoms with E-state index in [9.17, 15) is 30.8 Å². The number of amidine groups is 1. The molecule has 5 atom stereocenters. The number of anilines is 2. The lowest BCUT2D eigenvalue weighted by Gasteiger charge is -2.45. The van der Waals surface area contributed by atoms with E-state index in [-0.39, 0.29) is 52.3 Å². The summed E-state index contributed by atoms with van der Waals surface area (Å²) in [6.07, 6.45) is 3.57. The van der Waals surface area contributed by atoms with Crippen molar-refractivity contribution in [1.29, 1.82) is 0 Å². The van der Waals surface area contributed by atoms with Crippen LogP contribution >= 0.6 is 0 Å². The highest BCUT2D eigenvalue weighted by molar-refractivity contribution is 7.92. The Kier molecular flexibility index (Phi) is 5.65. The first-order valence-corrected chi connectivity index (χ1v) is 15.6. The summed E-state index contributed by atoms with van der Waals surface area (Å²) in [5.41, 5.74) is 0.835. The molecule has 1 amide bonds. The summed E-state index contributed by atoms with van der Waals surface area (Å²) >= 11 is 0. The zero-order valence-electron chi connectivity index (χ0n) is 20.3. The normalized spacial score (nSPS) is 29.4. The molecule has 6 rings (SSSR count). The van der Waals surface area contributed by atoms with E-state index in [0.717, 1.165) is 31.6 Å². The lowest BCUT2D eigenvalue weighted by molar-refractivity contribution is -0.153. The summed E-state index contributed by atoms with van der Waals surface area (Å²) in [7, 11) is -8.00. The fraction of sp³-hybridized carbons (Fsp3) is 0.400. The average molecular weight is 561 g/mol. The number of halogens is 1. The number of fused-ring (bicyclic) bond motifs is 6. The van der Waals surface area contributed by atoms with Crippen molar-refractivity contribution in [2.24, 2.45) is 28.1 Å². The summed E-state index contributed by atoms with van der Waals surface area (Å²) in [4.78, 5) is 29.1. The summed E-state index contributed by atoms with van der Waals surface area (Å²) < 4.78 is 69.0. The highest BCUT2D eigenvalue weighted by atomic mass is 32.2. The van der Waals surface area contributed by atoms with Gasteiger partial charge in [-0.05, 0) is 67.0 Å². The number of ketones is 1. The molecule has 0 aromatic heterocycles. The van der Waals surface area contributed by atoms with Gasteiger partial charge in [0, 0.05) is 24.2 Å². The third-order valence-electron chi connectivity index (χ3n) is 7.96. The van der Waals surface area contributed by atoms with Crippen LogP contribution in [0.2, 0.25) is 0 Å². The Balaban J connectivity index is 1.37. The molecule has 2 aromatic rings. The van der Waals surface area contributed by atoms with Crippen LogP contribution in [-0.4, -0.2) is 51.6 Å². The summed E-state index contributed by atoms with van der Waals surface area (Å²) in [5, 5.41) is 2.86. The topological polar surface area (TPSA) is 142 Å². The van der Waals surface area contributed by atoms with Gasteiger partial charge in [-0.25, -0.2) is 12.8 Å². The molecule has 1 unspecified atom stereocenters. The number of nitrogens with one attached hydrogen (secondary N) is 2. The zero-order valence-corrected chi connectivity index (χ0v) is 21.9. The quantitative estimate of drug-likeness (QED) is 0.535. The Hall–Kier alpha value is -3.32. The molecule has 4 aliphatic rings. The van der Waals surface area contributed by atoms with E-state index in [1.807, 2.05) is 0 Å². The predicted molar refractivity (Wildman–Crippen MR) is 137 cm³/mol. The molecular formula is C25H25FN4O6S2. The molecule has 10 nitrogen and oxygen atoms in total. The van der Waals surface area contributed by atoms with Crippen molar-refractivity contribution in [1.82, 2.24) is 4.90 Å². The third kappa shape index (κ3) is 4.17. The SMILES string of the molecule is CS(=O)(=O)Nc1ccc2c(c1)S(=O)(=O)N=C(C1C(=O)[C@H]3[C@@H]4CC[C@@H](C4)[C@H]3N(Cc3ccc(F)cc3)C1=O)N2. The number of piperidine rings is 1. The van der Waals surface area contributed by atoms with Crippen molar-refractivity contribution in [2.75, 3.05) is 16.3 Å². The second-order valence-electron chi connectivity index (χ2n) is 10.4. The number of nitrogens with zero attached hydrogens (tertiary/aromatic N) is 2. The van der Waals surface area contributed by atoms with Gasteiger partial charge in [-0.2, -0.15) is 8.42 Å². The summed E-state index contributed by atoms with van der Waals surface area (Å²) in [5.74, 6) is -3.08. The Morgan fingerprint density at radius 2 is 1.82 bits per heavy atom. The van der Waals surface area contributed by atoms with E-state index in [0.29, 0.717) is 5.56 Å². The summed E-state index contributed by atoms with van der Waals surface area (Å²) in [6.45, 7) is 0.171. The molecule has 200 valence electrons. The van der Waals surface area contributed by atoms with Gasteiger partial charge in [-0.3, -0.25) is 14.3 Å². The number of rotatable bonds is 5. The number of amides is 1. The first kappa shape index (κ1) is 25.0. The number of sulfonamides is 2. The average Bonchev–Trinajstić information content (AvgIpc) is 3.45. The maximum atomic E-state index is 13.9.